The summed E-state index contributed by atoms with van der Waals surface area (Å²) in [7, 11) is -7.94. The summed E-state index contributed by atoms with van der Waals surface area (Å²) >= 11 is 0. The van der Waals surface area contributed by atoms with Crippen LogP contribution in [-0.2, 0) is 19.9 Å². The lowest BCUT2D eigenvalue weighted by atomic mass is 10.3. The molecular formula is C9H12FN3O4S2. The maximum atomic E-state index is 13.5. The normalized spacial score (nSPS) is 12.3. The first-order valence-electron chi connectivity index (χ1n) is 4.86. The van der Waals surface area contributed by atoms with Crippen LogP contribution in [0.15, 0.2) is 28.0 Å². The largest absolute Gasteiger partial charge is 0.387 e. The second kappa shape index (κ2) is 5.23. The maximum Gasteiger partial charge on any atom is 0.243 e. The zero-order valence-electron chi connectivity index (χ0n) is 9.84. The molecule has 0 saturated heterocycles. The molecule has 0 aliphatic heterocycles. The van der Waals surface area contributed by atoms with Gasteiger partial charge in [-0.15, -0.1) is 0 Å². The number of nitrogens with two attached hydrogens (primary N) is 1. The first-order chi connectivity index (χ1) is 8.54. The van der Waals surface area contributed by atoms with Gasteiger partial charge in [-0.1, -0.05) is 0 Å². The Morgan fingerprint density at radius 1 is 1.37 bits per heavy atom. The predicted molar refractivity (Wildman–Crippen MR) is 66.6 cm³/mol. The quantitative estimate of drug-likeness (QED) is 0.381. The smallest absolute Gasteiger partial charge is 0.243 e. The third-order valence-corrected chi connectivity index (χ3v) is 4.60. The summed E-state index contributed by atoms with van der Waals surface area (Å²) in [5.41, 5.74) is 4.98. The van der Waals surface area contributed by atoms with Crippen molar-refractivity contribution in [2.24, 2.45) is 5.73 Å². The van der Waals surface area contributed by atoms with Gasteiger partial charge in [-0.25, -0.2) is 25.9 Å². The Balaban J connectivity index is 3.30. The first-order valence-corrected chi connectivity index (χ1v) is 8.23. The zero-order chi connectivity index (χ0) is 14.8. The molecule has 0 aliphatic rings. The number of halogens is 1. The van der Waals surface area contributed by atoms with Crippen LogP contribution < -0.4 is 10.5 Å². The fourth-order valence-electron chi connectivity index (χ4n) is 1.17. The molecule has 0 fully saturated rings. The Hall–Kier alpha value is -1.52. The first kappa shape index (κ1) is 15.5. The average molecular weight is 309 g/mol. The minimum atomic E-state index is -4.28. The third kappa shape index (κ3) is 3.98. The van der Waals surface area contributed by atoms with Crippen LogP contribution in [0.1, 0.15) is 0 Å². The molecule has 0 atom stereocenters. The lowest BCUT2D eigenvalue weighted by Gasteiger charge is -2.08. The highest BCUT2D eigenvalue weighted by molar-refractivity contribution is 7.91. The molecule has 0 spiro atoms. The molecular weight excluding hydrogens is 297 g/mol. The van der Waals surface area contributed by atoms with E-state index in [2.05, 4.69) is 0 Å². The SMILES string of the molecule is CS(=O)(=O)c1ccc(F)c(S(=O)(=O)NCC(=N)N)c1. The summed E-state index contributed by atoms with van der Waals surface area (Å²) in [4.78, 5) is -1.13. The van der Waals surface area contributed by atoms with E-state index >= 15 is 0 Å². The number of sulfonamides is 1. The number of amidine groups is 1. The summed E-state index contributed by atoms with van der Waals surface area (Å²) in [5, 5.41) is 6.89. The second-order valence-corrected chi connectivity index (χ2v) is 7.47. The van der Waals surface area contributed by atoms with E-state index in [4.69, 9.17) is 11.1 Å². The number of nitrogens with one attached hydrogen (secondary N) is 2. The molecule has 1 rings (SSSR count). The monoisotopic (exact) mass is 309 g/mol. The molecule has 19 heavy (non-hydrogen) atoms. The number of sulfone groups is 1. The Morgan fingerprint density at radius 2 is 1.95 bits per heavy atom. The highest BCUT2D eigenvalue weighted by Gasteiger charge is 2.21. The molecule has 1 aromatic rings. The Morgan fingerprint density at radius 3 is 2.42 bits per heavy atom. The standard InChI is InChI=1S/C9H12FN3O4S2/c1-18(14,15)6-2-3-7(10)8(4-6)19(16,17)13-5-9(11)12/h2-4,13H,5H2,1H3,(H3,11,12). The molecule has 0 radical (unpaired) electrons. The number of hydrogen-bond donors (Lipinski definition) is 3. The molecule has 10 heteroatoms. The van der Waals surface area contributed by atoms with Gasteiger partial charge >= 0.3 is 0 Å². The van der Waals surface area contributed by atoms with Gasteiger partial charge in [-0.05, 0) is 18.2 Å². The van der Waals surface area contributed by atoms with Gasteiger partial charge in [-0.3, -0.25) is 5.41 Å². The highest BCUT2D eigenvalue weighted by Crippen LogP contribution is 2.19. The van der Waals surface area contributed by atoms with Crippen molar-refractivity contribution in [2.75, 3.05) is 12.8 Å². The van der Waals surface area contributed by atoms with Crippen LogP contribution in [0.2, 0.25) is 0 Å². The predicted octanol–water partition coefficient (Wildman–Crippen LogP) is -0.557. The van der Waals surface area contributed by atoms with Gasteiger partial charge in [0, 0.05) is 6.26 Å². The van der Waals surface area contributed by atoms with Crippen molar-refractivity contribution in [1.82, 2.24) is 4.72 Å². The van der Waals surface area contributed by atoms with Crippen molar-refractivity contribution in [3.8, 4) is 0 Å². The van der Waals surface area contributed by atoms with E-state index in [9.17, 15) is 21.2 Å². The number of rotatable bonds is 5. The molecule has 0 aliphatic carbocycles. The van der Waals surface area contributed by atoms with Crippen LogP contribution in [0.4, 0.5) is 4.39 Å². The number of hydrogen-bond acceptors (Lipinski definition) is 5. The lowest BCUT2D eigenvalue weighted by Crippen LogP contribution is -2.33. The van der Waals surface area contributed by atoms with Gasteiger partial charge in [0.25, 0.3) is 0 Å². The van der Waals surface area contributed by atoms with Crippen molar-refractivity contribution in [3.05, 3.63) is 24.0 Å². The minimum absolute atomic E-state index is 0.322. The summed E-state index contributed by atoms with van der Waals surface area (Å²) in [6, 6.07) is 2.43. The second-order valence-electron chi connectivity index (χ2n) is 3.71. The molecule has 0 saturated carbocycles. The van der Waals surface area contributed by atoms with E-state index in [1.807, 2.05) is 4.72 Å². The molecule has 0 unspecified atom stereocenters. The van der Waals surface area contributed by atoms with Gasteiger partial charge in [-0.2, -0.15) is 0 Å². The third-order valence-electron chi connectivity index (χ3n) is 2.07. The van der Waals surface area contributed by atoms with Crippen molar-refractivity contribution in [1.29, 1.82) is 5.41 Å². The van der Waals surface area contributed by atoms with Crippen LogP contribution in [0, 0.1) is 11.2 Å². The van der Waals surface area contributed by atoms with Gasteiger partial charge in [0.15, 0.2) is 9.84 Å². The van der Waals surface area contributed by atoms with E-state index in [0.717, 1.165) is 18.4 Å². The van der Waals surface area contributed by atoms with E-state index in [1.54, 1.807) is 0 Å². The Bertz CT molecular complexity index is 713. The maximum absolute atomic E-state index is 13.5. The van der Waals surface area contributed by atoms with Gasteiger partial charge in [0.1, 0.15) is 16.5 Å². The van der Waals surface area contributed by atoms with E-state index < -0.39 is 43.0 Å². The van der Waals surface area contributed by atoms with Crippen LogP contribution in [0.3, 0.4) is 0 Å². The Labute approximate surface area is 110 Å². The molecule has 7 nitrogen and oxygen atoms in total. The summed E-state index contributed by atoms with van der Waals surface area (Å²) in [5.74, 6) is -1.55. The van der Waals surface area contributed by atoms with E-state index in [-0.39, 0.29) is 4.90 Å². The van der Waals surface area contributed by atoms with Crippen molar-refractivity contribution >= 4 is 25.7 Å². The van der Waals surface area contributed by atoms with Gasteiger partial charge < -0.3 is 5.73 Å². The van der Waals surface area contributed by atoms with E-state index in [1.165, 1.54) is 0 Å². The van der Waals surface area contributed by atoms with Crippen molar-refractivity contribution in [3.63, 3.8) is 0 Å². The zero-order valence-corrected chi connectivity index (χ0v) is 11.5. The van der Waals surface area contributed by atoms with Gasteiger partial charge in [0.05, 0.1) is 11.4 Å². The summed E-state index contributed by atoms with van der Waals surface area (Å²) < 4.78 is 61.4. The molecule has 0 aromatic heterocycles. The molecule has 0 heterocycles. The molecule has 0 amide bonds. The van der Waals surface area contributed by atoms with Crippen LogP contribution in [0.25, 0.3) is 0 Å². The fraction of sp³-hybridized carbons (Fsp3) is 0.222. The average Bonchev–Trinajstić information content (AvgIpc) is 2.25. The fourth-order valence-corrected chi connectivity index (χ4v) is 3.00. The molecule has 1 aromatic carbocycles. The topological polar surface area (TPSA) is 130 Å². The molecule has 0 bridgehead atoms. The van der Waals surface area contributed by atoms with E-state index in [0.29, 0.717) is 6.07 Å². The highest BCUT2D eigenvalue weighted by atomic mass is 32.2. The Kier molecular flexibility index (Phi) is 4.28. The van der Waals surface area contributed by atoms with Crippen LogP contribution in [0.5, 0.6) is 0 Å². The minimum Gasteiger partial charge on any atom is -0.387 e. The molecule has 106 valence electrons. The van der Waals surface area contributed by atoms with Crippen LogP contribution in [-0.4, -0.2) is 35.5 Å². The van der Waals surface area contributed by atoms with Crippen LogP contribution >= 0.6 is 0 Å². The van der Waals surface area contributed by atoms with Gasteiger partial charge in [0.2, 0.25) is 10.0 Å². The van der Waals surface area contributed by atoms with Crippen molar-refractivity contribution in [2.45, 2.75) is 9.79 Å². The van der Waals surface area contributed by atoms with Crippen molar-refractivity contribution < 1.29 is 21.2 Å². The summed E-state index contributed by atoms with van der Waals surface area (Å²) in [6.45, 7) is -0.495. The summed E-state index contributed by atoms with van der Waals surface area (Å²) in [6.07, 6.45) is 0.875. The lowest BCUT2D eigenvalue weighted by molar-refractivity contribution is 0.558. The molecule has 4 N–H and O–H groups in total. The number of benzene rings is 1.